The number of nitrogens with one attached hydrogen (secondary N) is 1. The molecule has 0 saturated carbocycles. The lowest BCUT2D eigenvalue weighted by Gasteiger charge is -1.99. The molecule has 1 N–H and O–H groups in total. The van der Waals surface area contributed by atoms with Gasteiger partial charge in [-0.25, -0.2) is 4.98 Å². The SMILES string of the molecule is CCCNCc1nc(-c2ccccc2)c(CC)s1. The monoisotopic (exact) mass is 260 g/mol. The van der Waals surface area contributed by atoms with E-state index < -0.39 is 0 Å². The Morgan fingerprint density at radius 2 is 1.94 bits per heavy atom. The van der Waals surface area contributed by atoms with Crippen molar-refractivity contribution in [1.29, 1.82) is 0 Å². The van der Waals surface area contributed by atoms with Crippen LogP contribution >= 0.6 is 11.3 Å². The van der Waals surface area contributed by atoms with E-state index in [-0.39, 0.29) is 0 Å². The van der Waals surface area contributed by atoms with E-state index >= 15 is 0 Å². The molecule has 0 spiro atoms. The van der Waals surface area contributed by atoms with Gasteiger partial charge in [-0.15, -0.1) is 11.3 Å². The van der Waals surface area contributed by atoms with E-state index in [0.29, 0.717) is 0 Å². The lowest BCUT2D eigenvalue weighted by Crippen LogP contribution is -2.13. The molecule has 0 bridgehead atoms. The van der Waals surface area contributed by atoms with Crippen molar-refractivity contribution >= 4 is 11.3 Å². The molecule has 1 aromatic carbocycles. The highest BCUT2D eigenvalue weighted by molar-refractivity contribution is 7.12. The normalized spacial score (nSPS) is 10.8. The lowest BCUT2D eigenvalue weighted by molar-refractivity contribution is 0.673. The van der Waals surface area contributed by atoms with Crippen LogP contribution in [0.25, 0.3) is 11.3 Å². The van der Waals surface area contributed by atoms with Gasteiger partial charge in [0.25, 0.3) is 0 Å². The number of aryl methyl sites for hydroxylation is 1. The van der Waals surface area contributed by atoms with Crippen LogP contribution in [-0.2, 0) is 13.0 Å². The van der Waals surface area contributed by atoms with Gasteiger partial charge < -0.3 is 5.32 Å². The summed E-state index contributed by atoms with van der Waals surface area (Å²) in [6.45, 7) is 6.32. The van der Waals surface area contributed by atoms with Crippen LogP contribution in [0.3, 0.4) is 0 Å². The Kier molecular flexibility index (Phi) is 4.90. The molecule has 0 radical (unpaired) electrons. The molecular formula is C15H20N2S. The van der Waals surface area contributed by atoms with Gasteiger partial charge >= 0.3 is 0 Å². The van der Waals surface area contributed by atoms with Gasteiger partial charge in [0.1, 0.15) is 5.01 Å². The first-order valence-corrected chi connectivity index (χ1v) is 7.41. The second-order valence-corrected chi connectivity index (χ2v) is 5.44. The molecule has 3 heteroatoms. The molecule has 2 nitrogen and oxygen atoms in total. The minimum absolute atomic E-state index is 0.887. The minimum Gasteiger partial charge on any atom is -0.310 e. The van der Waals surface area contributed by atoms with Gasteiger partial charge in [-0.05, 0) is 19.4 Å². The maximum absolute atomic E-state index is 4.78. The van der Waals surface area contributed by atoms with Crippen LogP contribution in [0.5, 0.6) is 0 Å². The Hall–Kier alpha value is -1.19. The molecule has 2 aromatic rings. The van der Waals surface area contributed by atoms with E-state index in [4.69, 9.17) is 4.98 Å². The van der Waals surface area contributed by atoms with Gasteiger partial charge in [-0.2, -0.15) is 0 Å². The molecule has 1 aromatic heterocycles. The molecular weight excluding hydrogens is 240 g/mol. The van der Waals surface area contributed by atoms with Crippen molar-refractivity contribution in [1.82, 2.24) is 10.3 Å². The average molecular weight is 260 g/mol. The number of hydrogen-bond donors (Lipinski definition) is 1. The summed E-state index contributed by atoms with van der Waals surface area (Å²) in [7, 11) is 0. The highest BCUT2D eigenvalue weighted by Crippen LogP contribution is 2.28. The zero-order valence-corrected chi connectivity index (χ0v) is 11.9. The van der Waals surface area contributed by atoms with E-state index in [9.17, 15) is 0 Å². The third-order valence-corrected chi connectivity index (χ3v) is 4.01. The van der Waals surface area contributed by atoms with Crippen molar-refractivity contribution in [3.8, 4) is 11.3 Å². The summed E-state index contributed by atoms with van der Waals surface area (Å²) < 4.78 is 0. The molecule has 0 saturated heterocycles. The molecule has 96 valence electrons. The van der Waals surface area contributed by atoms with Crippen molar-refractivity contribution in [2.75, 3.05) is 6.54 Å². The van der Waals surface area contributed by atoms with Crippen molar-refractivity contribution in [3.05, 3.63) is 40.2 Å². The molecule has 0 atom stereocenters. The van der Waals surface area contributed by atoms with Crippen LogP contribution in [0, 0.1) is 0 Å². The predicted octanol–water partition coefficient (Wildman–Crippen LogP) is 3.87. The third kappa shape index (κ3) is 3.18. The number of thiazole rings is 1. The van der Waals surface area contributed by atoms with Crippen molar-refractivity contribution in [3.63, 3.8) is 0 Å². The van der Waals surface area contributed by atoms with Crippen molar-refractivity contribution in [2.24, 2.45) is 0 Å². The summed E-state index contributed by atoms with van der Waals surface area (Å²) >= 11 is 1.83. The van der Waals surface area contributed by atoms with Gasteiger partial charge in [-0.1, -0.05) is 44.2 Å². The average Bonchev–Trinajstić information content (AvgIpc) is 2.83. The number of benzene rings is 1. The van der Waals surface area contributed by atoms with Crippen molar-refractivity contribution < 1.29 is 0 Å². The predicted molar refractivity (Wildman–Crippen MR) is 78.9 cm³/mol. The van der Waals surface area contributed by atoms with Gasteiger partial charge in [0.2, 0.25) is 0 Å². The molecule has 18 heavy (non-hydrogen) atoms. The zero-order valence-electron chi connectivity index (χ0n) is 11.1. The highest BCUT2D eigenvalue weighted by Gasteiger charge is 2.10. The maximum Gasteiger partial charge on any atom is 0.107 e. The van der Waals surface area contributed by atoms with Gasteiger partial charge in [-0.3, -0.25) is 0 Å². The smallest absolute Gasteiger partial charge is 0.107 e. The molecule has 0 aliphatic rings. The molecule has 2 rings (SSSR count). The summed E-state index contributed by atoms with van der Waals surface area (Å²) in [5.41, 5.74) is 2.39. The minimum atomic E-state index is 0.887. The van der Waals surface area contributed by atoms with Gasteiger partial charge in [0.15, 0.2) is 0 Å². The Balaban J connectivity index is 2.19. The van der Waals surface area contributed by atoms with Crippen LogP contribution in [0.15, 0.2) is 30.3 Å². The van der Waals surface area contributed by atoms with Gasteiger partial charge in [0, 0.05) is 17.0 Å². The summed E-state index contributed by atoms with van der Waals surface area (Å²) in [6, 6.07) is 10.5. The third-order valence-electron chi connectivity index (χ3n) is 2.81. The highest BCUT2D eigenvalue weighted by atomic mass is 32.1. The Morgan fingerprint density at radius 1 is 1.17 bits per heavy atom. The number of nitrogens with zero attached hydrogens (tertiary/aromatic N) is 1. The first kappa shape index (κ1) is 13.2. The van der Waals surface area contributed by atoms with E-state index in [1.54, 1.807) is 0 Å². The Bertz CT molecular complexity index is 476. The number of hydrogen-bond acceptors (Lipinski definition) is 3. The zero-order chi connectivity index (χ0) is 12.8. The van der Waals surface area contributed by atoms with Crippen LogP contribution in [-0.4, -0.2) is 11.5 Å². The Morgan fingerprint density at radius 3 is 2.61 bits per heavy atom. The first-order chi connectivity index (χ1) is 8.85. The van der Waals surface area contributed by atoms with Crippen LogP contribution in [0.4, 0.5) is 0 Å². The second kappa shape index (κ2) is 6.66. The Labute approximate surface area is 113 Å². The molecule has 0 amide bonds. The van der Waals surface area contributed by atoms with Crippen LogP contribution in [0.1, 0.15) is 30.2 Å². The maximum atomic E-state index is 4.78. The van der Waals surface area contributed by atoms with E-state index in [2.05, 4.69) is 43.4 Å². The number of aromatic nitrogens is 1. The first-order valence-electron chi connectivity index (χ1n) is 6.59. The standard InChI is InChI=1S/C15H20N2S/c1-3-10-16-11-14-17-15(13(4-2)18-14)12-8-6-5-7-9-12/h5-9,16H,3-4,10-11H2,1-2H3. The molecule has 0 aliphatic carbocycles. The fourth-order valence-electron chi connectivity index (χ4n) is 1.91. The number of rotatable bonds is 6. The van der Waals surface area contributed by atoms with Crippen molar-refractivity contribution in [2.45, 2.75) is 33.2 Å². The van der Waals surface area contributed by atoms with Crippen LogP contribution < -0.4 is 5.32 Å². The van der Waals surface area contributed by atoms with Gasteiger partial charge in [0.05, 0.1) is 5.69 Å². The van der Waals surface area contributed by atoms with Crippen LogP contribution in [0.2, 0.25) is 0 Å². The van der Waals surface area contributed by atoms with E-state index in [1.165, 1.54) is 15.4 Å². The fraction of sp³-hybridized carbons (Fsp3) is 0.400. The summed E-state index contributed by atoms with van der Waals surface area (Å²) in [5.74, 6) is 0. The second-order valence-electron chi connectivity index (χ2n) is 4.28. The quantitative estimate of drug-likeness (QED) is 0.797. The summed E-state index contributed by atoms with van der Waals surface area (Å²) in [6.07, 6.45) is 2.22. The van der Waals surface area contributed by atoms with E-state index in [1.807, 2.05) is 17.4 Å². The largest absolute Gasteiger partial charge is 0.310 e. The summed E-state index contributed by atoms with van der Waals surface area (Å²) in [4.78, 5) is 6.16. The topological polar surface area (TPSA) is 24.9 Å². The molecule has 0 unspecified atom stereocenters. The molecule has 0 aliphatic heterocycles. The lowest BCUT2D eigenvalue weighted by atomic mass is 10.1. The van der Waals surface area contributed by atoms with E-state index in [0.717, 1.165) is 31.6 Å². The fourth-order valence-corrected chi connectivity index (χ4v) is 2.91. The molecule has 1 heterocycles. The summed E-state index contributed by atoms with van der Waals surface area (Å²) in [5, 5.41) is 4.61. The molecule has 0 fully saturated rings.